The van der Waals surface area contributed by atoms with Crippen molar-refractivity contribution < 1.29 is 31.9 Å². The van der Waals surface area contributed by atoms with Gasteiger partial charge in [-0.25, -0.2) is 9.18 Å². The number of rotatable bonds is 7. The van der Waals surface area contributed by atoms with E-state index in [1.165, 1.54) is 13.0 Å². The molecule has 0 aliphatic carbocycles. The Morgan fingerprint density at radius 3 is 2.29 bits per heavy atom. The molecule has 0 saturated carbocycles. The van der Waals surface area contributed by atoms with Gasteiger partial charge in [-0.3, -0.25) is 10.1 Å². The first-order valence-electron chi connectivity index (χ1n) is 8.30. The Labute approximate surface area is 158 Å². The summed E-state index contributed by atoms with van der Waals surface area (Å²) in [5.41, 5.74) is -3.44. The van der Waals surface area contributed by atoms with Crippen LogP contribution in [0, 0.1) is 5.82 Å². The van der Waals surface area contributed by atoms with E-state index in [0.717, 1.165) is 18.2 Å². The second kappa shape index (κ2) is 8.83. The summed E-state index contributed by atoms with van der Waals surface area (Å²) in [6.45, 7) is 0.618. The molecule has 0 spiro atoms. The molecule has 0 fully saturated rings. The second-order valence-electron chi connectivity index (χ2n) is 5.77. The number of hydrogen-bond acceptors (Lipinski definition) is 4. The summed E-state index contributed by atoms with van der Waals surface area (Å²) in [4.78, 5) is 24.6. The number of carbonyl (C=O) groups is 2. The van der Waals surface area contributed by atoms with Crippen LogP contribution in [0.25, 0.3) is 0 Å². The lowest BCUT2D eigenvalue weighted by molar-refractivity contribution is -0.219. The standard InChI is InChI=1S/C19H18F4N2O3/c1-2-28-17(27)18(19(21,22)23,24-12-13-7-4-3-5-8-13)25-16(26)14-9-6-10-15(20)11-14/h3-11,24H,2,12H2,1H3,(H,25,26)/t18-/m1/s1. The number of amides is 1. The lowest BCUT2D eigenvalue weighted by atomic mass is 10.1. The Bertz CT molecular complexity index is 827. The molecule has 0 unspecified atom stereocenters. The minimum absolute atomic E-state index is 0.334. The zero-order valence-electron chi connectivity index (χ0n) is 14.8. The molecule has 0 bridgehead atoms. The number of hydrogen-bond donors (Lipinski definition) is 2. The summed E-state index contributed by atoms with van der Waals surface area (Å²) < 4.78 is 59.8. The molecule has 1 atom stereocenters. The molecule has 0 saturated heterocycles. The van der Waals surface area contributed by atoms with Gasteiger partial charge < -0.3 is 10.1 Å². The maximum absolute atomic E-state index is 14.0. The van der Waals surface area contributed by atoms with Crippen LogP contribution in [-0.2, 0) is 16.1 Å². The summed E-state index contributed by atoms with van der Waals surface area (Å²) in [5, 5.41) is 3.72. The van der Waals surface area contributed by atoms with E-state index in [1.54, 1.807) is 35.6 Å². The van der Waals surface area contributed by atoms with Crippen molar-refractivity contribution in [3.05, 3.63) is 71.5 Å². The number of esters is 1. The van der Waals surface area contributed by atoms with Crippen molar-refractivity contribution in [1.82, 2.24) is 10.6 Å². The summed E-state index contributed by atoms with van der Waals surface area (Å²) in [6.07, 6.45) is -5.24. The quantitative estimate of drug-likeness (QED) is 0.427. The average molecular weight is 398 g/mol. The van der Waals surface area contributed by atoms with Crippen molar-refractivity contribution in [3.8, 4) is 0 Å². The van der Waals surface area contributed by atoms with Crippen molar-refractivity contribution in [2.45, 2.75) is 25.3 Å². The maximum Gasteiger partial charge on any atom is 0.436 e. The van der Waals surface area contributed by atoms with E-state index in [0.29, 0.717) is 5.56 Å². The zero-order chi connectivity index (χ0) is 20.8. The number of carbonyl (C=O) groups excluding carboxylic acids is 2. The van der Waals surface area contributed by atoms with E-state index < -0.39 is 29.5 Å². The van der Waals surface area contributed by atoms with Gasteiger partial charge in [-0.2, -0.15) is 13.2 Å². The van der Waals surface area contributed by atoms with Gasteiger partial charge in [0.2, 0.25) is 0 Å². The Hall–Kier alpha value is -2.94. The van der Waals surface area contributed by atoms with Gasteiger partial charge in [0.15, 0.2) is 0 Å². The first-order chi connectivity index (χ1) is 13.2. The molecule has 5 nitrogen and oxygen atoms in total. The van der Waals surface area contributed by atoms with E-state index in [-0.39, 0.29) is 18.7 Å². The van der Waals surface area contributed by atoms with Gasteiger partial charge in [-0.15, -0.1) is 0 Å². The number of halogens is 4. The molecular weight excluding hydrogens is 380 g/mol. The van der Waals surface area contributed by atoms with Crippen LogP contribution in [0.1, 0.15) is 22.8 Å². The van der Waals surface area contributed by atoms with Gasteiger partial charge in [0.25, 0.3) is 11.6 Å². The van der Waals surface area contributed by atoms with Crippen molar-refractivity contribution in [3.63, 3.8) is 0 Å². The van der Waals surface area contributed by atoms with Gasteiger partial charge in [-0.05, 0) is 30.7 Å². The fourth-order valence-electron chi connectivity index (χ4n) is 2.40. The molecule has 0 aliphatic heterocycles. The minimum atomic E-state index is -5.24. The molecule has 0 radical (unpaired) electrons. The van der Waals surface area contributed by atoms with Gasteiger partial charge in [0.05, 0.1) is 6.61 Å². The molecule has 28 heavy (non-hydrogen) atoms. The van der Waals surface area contributed by atoms with Crippen LogP contribution < -0.4 is 10.6 Å². The normalized spacial score (nSPS) is 13.5. The SMILES string of the molecule is CCOC(=O)[C@@](NCc1ccccc1)(NC(=O)c1cccc(F)c1)C(F)(F)F. The fraction of sp³-hybridized carbons (Fsp3) is 0.263. The topological polar surface area (TPSA) is 67.4 Å². The summed E-state index contributed by atoms with van der Waals surface area (Å²) >= 11 is 0. The molecule has 9 heteroatoms. The Balaban J connectivity index is 2.40. The van der Waals surface area contributed by atoms with E-state index in [4.69, 9.17) is 0 Å². The fourth-order valence-corrected chi connectivity index (χ4v) is 2.40. The van der Waals surface area contributed by atoms with E-state index in [1.807, 2.05) is 0 Å². The number of benzene rings is 2. The Morgan fingerprint density at radius 1 is 1.04 bits per heavy atom. The molecule has 2 aromatic rings. The monoisotopic (exact) mass is 398 g/mol. The van der Waals surface area contributed by atoms with E-state index >= 15 is 0 Å². The van der Waals surface area contributed by atoms with Gasteiger partial charge in [0.1, 0.15) is 5.82 Å². The lowest BCUT2D eigenvalue weighted by Gasteiger charge is -2.34. The summed E-state index contributed by atoms with van der Waals surface area (Å²) in [5.74, 6) is -3.81. The van der Waals surface area contributed by atoms with Crippen LogP contribution in [-0.4, -0.2) is 30.3 Å². The van der Waals surface area contributed by atoms with E-state index in [2.05, 4.69) is 10.1 Å². The van der Waals surface area contributed by atoms with Crippen LogP contribution in [0.2, 0.25) is 0 Å². The second-order valence-corrected chi connectivity index (χ2v) is 5.77. The molecule has 0 heterocycles. The van der Waals surface area contributed by atoms with Crippen molar-refractivity contribution in [1.29, 1.82) is 0 Å². The minimum Gasteiger partial charge on any atom is -0.463 e. The average Bonchev–Trinajstić information content (AvgIpc) is 2.65. The molecular formula is C19H18F4N2O3. The zero-order valence-corrected chi connectivity index (χ0v) is 14.8. The molecule has 150 valence electrons. The van der Waals surface area contributed by atoms with Crippen LogP contribution in [0.15, 0.2) is 54.6 Å². The molecule has 2 N–H and O–H groups in total. The van der Waals surface area contributed by atoms with Crippen molar-refractivity contribution >= 4 is 11.9 Å². The highest BCUT2D eigenvalue weighted by atomic mass is 19.4. The van der Waals surface area contributed by atoms with Crippen molar-refractivity contribution in [2.24, 2.45) is 0 Å². The molecule has 0 aliphatic rings. The summed E-state index contributed by atoms with van der Waals surface area (Å²) in [6, 6.07) is 12.1. The highest BCUT2D eigenvalue weighted by Crippen LogP contribution is 2.30. The van der Waals surface area contributed by atoms with Crippen LogP contribution in [0.5, 0.6) is 0 Å². The molecule has 0 aromatic heterocycles. The highest BCUT2D eigenvalue weighted by molar-refractivity contribution is 5.98. The Morgan fingerprint density at radius 2 is 1.71 bits per heavy atom. The number of ether oxygens (including phenoxy) is 1. The number of nitrogens with one attached hydrogen (secondary N) is 2. The predicted octanol–water partition coefficient (Wildman–Crippen LogP) is 3.17. The van der Waals surface area contributed by atoms with E-state index in [9.17, 15) is 27.2 Å². The molecule has 2 aromatic carbocycles. The third kappa shape index (κ3) is 4.86. The summed E-state index contributed by atoms with van der Waals surface area (Å²) in [7, 11) is 0. The Kier molecular flexibility index (Phi) is 6.74. The van der Waals surface area contributed by atoms with Gasteiger partial charge in [-0.1, -0.05) is 36.4 Å². The highest BCUT2D eigenvalue weighted by Gasteiger charge is 2.63. The van der Waals surface area contributed by atoms with Gasteiger partial charge in [0, 0.05) is 12.1 Å². The third-order valence-electron chi connectivity index (χ3n) is 3.80. The maximum atomic E-state index is 14.0. The first kappa shape index (κ1) is 21.4. The van der Waals surface area contributed by atoms with Crippen molar-refractivity contribution in [2.75, 3.05) is 6.61 Å². The van der Waals surface area contributed by atoms with Crippen LogP contribution in [0.3, 0.4) is 0 Å². The third-order valence-corrected chi connectivity index (χ3v) is 3.80. The van der Waals surface area contributed by atoms with Gasteiger partial charge >= 0.3 is 12.1 Å². The predicted molar refractivity (Wildman–Crippen MR) is 92.6 cm³/mol. The van der Waals surface area contributed by atoms with Crippen LogP contribution >= 0.6 is 0 Å². The largest absolute Gasteiger partial charge is 0.463 e. The first-order valence-corrected chi connectivity index (χ1v) is 8.30. The molecule has 1 amide bonds. The van der Waals surface area contributed by atoms with Crippen LogP contribution in [0.4, 0.5) is 17.6 Å². The molecule has 2 rings (SSSR count). The smallest absolute Gasteiger partial charge is 0.436 e. The number of alkyl halides is 3. The lowest BCUT2D eigenvalue weighted by Crippen LogP contribution is -2.72.